The van der Waals surface area contributed by atoms with Crippen LogP contribution in [0.25, 0.3) is 0 Å². The van der Waals surface area contributed by atoms with Crippen molar-refractivity contribution in [3.8, 4) is 0 Å². The molecule has 8 heavy (non-hydrogen) atoms. The van der Waals surface area contributed by atoms with E-state index in [9.17, 15) is 0 Å². The fourth-order valence-corrected chi connectivity index (χ4v) is 1.66. The molecule has 0 radical (unpaired) electrons. The Hall–Kier alpha value is -0.0400. The van der Waals surface area contributed by atoms with E-state index in [4.69, 9.17) is 5.73 Å². The van der Waals surface area contributed by atoms with Gasteiger partial charge in [-0.25, -0.2) is 0 Å². The van der Waals surface area contributed by atoms with E-state index in [2.05, 4.69) is 0 Å². The molecule has 0 aromatic rings. The van der Waals surface area contributed by atoms with E-state index in [1.807, 2.05) is 0 Å². The van der Waals surface area contributed by atoms with Crippen molar-refractivity contribution in [1.29, 1.82) is 0 Å². The maximum absolute atomic E-state index is 5.76. The molecule has 2 aliphatic carbocycles. The Morgan fingerprint density at radius 2 is 1.75 bits per heavy atom. The Morgan fingerprint density at radius 1 is 1.00 bits per heavy atom. The van der Waals surface area contributed by atoms with Crippen molar-refractivity contribution in [3.63, 3.8) is 0 Å². The van der Waals surface area contributed by atoms with Gasteiger partial charge in [-0.15, -0.1) is 0 Å². The topological polar surface area (TPSA) is 26.0 Å². The van der Waals surface area contributed by atoms with Crippen LogP contribution in [0.3, 0.4) is 0 Å². The molecular formula is C7H13N. The minimum Gasteiger partial charge on any atom is -0.327 e. The summed E-state index contributed by atoms with van der Waals surface area (Å²) in [5.41, 5.74) is 5.76. The molecule has 0 aliphatic heterocycles. The highest BCUT2D eigenvalue weighted by atomic mass is 14.7. The van der Waals surface area contributed by atoms with Crippen molar-refractivity contribution in [1.82, 2.24) is 0 Å². The Balaban J connectivity index is 1.87. The molecule has 2 rings (SSSR count). The standard InChI is InChI=1S/C7H13N/c8-7-4-3-6(7)5-1-2-5/h5-7H,1-4,8H2/t6-,7+/m0/s1. The summed E-state index contributed by atoms with van der Waals surface area (Å²) in [5.74, 6) is 1.99. The normalized spacial score (nSPS) is 46.1. The van der Waals surface area contributed by atoms with Gasteiger partial charge in [-0.2, -0.15) is 0 Å². The van der Waals surface area contributed by atoms with Crippen molar-refractivity contribution in [3.05, 3.63) is 0 Å². The molecule has 46 valence electrons. The van der Waals surface area contributed by atoms with Crippen LogP contribution in [0.4, 0.5) is 0 Å². The van der Waals surface area contributed by atoms with Gasteiger partial charge in [0.2, 0.25) is 0 Å². The molecule has 0 spiro atoms. The predicted molar refractivity (Wildman–Crippen MR) is 33.4 cm³/mol. The largest absolute Gasteiger partial charge is 0.327 e. The van der Waals surface area contributed by atoms with Crippen LogP contribution in [0.5, 0.6) is 0 Å². The highest BCUT2D eigenvalue weighted by molar-refractivity contribution is 4.94. The molecule has 2 atom stereocenters. The van der Waals surface area contributed by atoms with E-state index in [1.54, 1.807) is 0 Å². The van der Waals surface area contributed by atoms with Gasteiger partial charge in [-0.1, -0.05) is 0 Å². The summed E-state index contributed by atoms with van der Waals surface area (Å²) < 4.78 is 0. The lowest BCUT2D eigenvalue weighted by Gasteiger charge is -2.33. The first-order valence-corrected chi connectivity index (χ1v) is 3.63. The zero-order valence-electron chi connectivity index (χ0n) is 5.14. The number of rotatable bonds is 1. The molecule has 0 unspecified atom stereocenters. The first kappa shape index (κ1) is 4.80. The van der Waals surface area contributed by atoms with Gasteiger partial charge in [0.1, 0.15) is 0 Å². The van der Waals surface area contributed by atoms with Gasteiger partial charge in [-0.3, -0.25) is 0 Å². The van der Waals surface area contributed by atoms with Crippen molar-refractivity contribution >= 4 is 0 Å². The third-order valence-electron chi connectivity index (χ3n) is 2.61. The summed E-state index contributed by atoms with van der Waals surface area (Å²) in [7, 11) is 0. The second-order valence-electron chi connectivity index (χ2n) is 3.24. The fraction of sp³-hybridized carbons (Fsp3) is 1.00. The molecule has 0 saturated heterocycles. The van der Waals surface area contributed by atoms with E-state index in [0.29, 0.717) is 6.04 Å². The van der Waals surface area contributed by atoms with Crippen LogP contribution in [0.1, 0.15) is 25.7 Å². The Bertz CT molecular complexity index is 94.6. The molecular weight excluding hydrogens is 98.1 g/mol. The lowest BCUT2D eigenvalue weighted by atomic mass is 9.77. The minimum atomic E-state index is 0.586. The third-order valence-corrected chi connectivity index (χ3v) is 2.61. The fourth-order valence-electron chi connectivity index (χ4n) is 1.66. The average molecular weight is 111 g/mol. The van der Waals surface area contributed by atoms with E-state index < -0.39 is 0 Å². The summed E-state index contributed by atoms with van der Waals surface area (Å²) in [6.07, 6.45) is 5.66. The number of hydrogen-bond acceptors (Lipinski definition) is 1. The summed E-state index contributed by atoms with van der Waals surface area (Å²) >= 11 is 0. The molecule has 1 heteroatoms. The first-order valence-electron chi connectivity index (χ1n) is 3.63. The summed E-state index contributed by atoms with van der Waals surface area (Å²) in [6, 6.07) is 0.586. The van der Waals surface area contributed by atoms with Crippen LogP contribution >= 0.6 is 0 Å². The molecule has 0 heterocycles. The Morgan fingerprint density at radius 3 is 1.88 bits per heavy atom. The van der Waals surface area contributed by atoms with Crippen molar-refractivity contribution in [2.45, 2.75) is 31.7 Å². The van der Waals surface area contributed by atoms with E-state index in [-0.39, 0.29) is 0 Å². The predicted octanol–water partition coefficient (Wildman–Crippen LogP) is 1.13. The quantitative estimate of drug-likeness (QED) is 0.539. The Kier molecular flexibility index (Phi) is 0.884. The van der Waals surface area contributed by atoms with Crippen molar-refractivity contribution < 1.29 is 0 Å². The van der Waals surface area contributed by atoms with Gasteiger partial charge in [0.05, 0.1) is 0 Å². The second kappa shape index (κ2) is 1.47. The smallest absolute Gasteiger partial charge is 0.00699 e. The number of nitrogens with two attached hydrogens (primary N) is 1. The van der Waals surface area contributed by atoms with Crippen LogP contribution in [0, 0.1) is 11.8 Å². The van der Waals surface area contributed by atoms with Gasteiger partial charge in [0, 0.05) is 6.04 Å². The second-order valence-corrected chi connectivity index (χ2v) is 3.24. The van der Waals surface area contributed by atoms with Gasteiger partial charge in [-0.05, 0) is 37.5 Å². The van der Waals surface area contributed by atoms with Crippen LogP contribution in [0.15, 0.2) is 0 Å². The van der Waals surface area contributed by atoms with Gasteiger partial charge in [0.15, 0.2) is 0 Å². The van der Waals surface area contributed by atoms with Crippen LogP contribution in [-0.4, -0.2) is 6.04 Å². The van der Waals surface area contributed by atoms with E-state index in [1.165, 1.54) is 25.7 Å². The SMILES string of the molecule is N[C@@H]1CC[C@H]1C1CC1. The van der Waals surface area contributed by atoms with Crippen LogP contribution in [-0.2, 0) is 0 Å². The zero-order chi connectivity index (χ0) is 5.56. The Labute approximate surface area is 50.3 Å². The molecule has 0 amide bonds. The molecule has 2 aliphatic rings. The maximum Gasteiger partial charge on any atom is 0.00699 e. The summed E-state index contributed by atoms with van der Waals surface area (Å²) in [6.45, 7) is 0. The highest BCUT2D eigenvalue weighted by Gasteiger charge is 2.39. The maximum atomic E-state index is 5.76. The monoisotopic (exact) mass is 111 g/mol. The molecule has 0 aromatic carbocycles. The van der Waals surface area contributed by atoms with Crippen molar-refractivity contribution in [2.75, 3.05) is 0 Å². The van der Waals surface area contributed by atoms with Gasteiger partial charge < -0.3 is 5.73 Å². The first-order chi connectivity index (χ1) is 3.88. The lowest BCUT2D eigenvalue weighted by Crippen LogP contribution is -2.40. The molecule has 2 N–H and O–H groups in total. The van der Waals surface area contributed by atoms with E-state index >= 15 is 0 Å². The van der Waals surface area contributed by atoms with E-state index in [0.717, 1.165) is 11.8 Å². The summed E-state index contributed by atoms with van der Waals surface area (Å²) in [4.78, 5) is 0. The summed E-state index contributed by atoms with van der Waals surface area (Å²) in [5, 5.41) is 0. The molecule has 1 nitrogen and oxygen atoms in total. The van der Waals surface area contributed by atoms with Crippen LogP contribution < -0.4 is 5.73 Å². The highest BCUT2D eigenvalue weighted by Crippen LogP contribution is 2.45. The van der Waals surface area contributed by atoms with Gasteiger partial charge in [0.25, 0.3) is 0 Å². The van der Waals surface area contributed by atoms with Crippen LogP contribution in [0.2, 0.25) is 0 Å². The number of hydrogen-bond donors (Lipinski definition) is 1. The van der Waals surface area contributed by atoms with Crippen molar-refractivity contribution in [2.24, 2.45) is 17.6 Å². The lowest BCUT2D eigenvalue weighted by molar-refractivity contribution is 0.225. The minimum absolute atomic E-state index is 0.586. The average Bonchev–Trinajstić information content (AvgIpc) is 2.46. The van der Waals surface area contributed by atoms with Gasteiger partial charge >= 0.3 is 0 Å². The molecule has 0 aromatic heterocycles. The third kappa shape index (κ3) is 0.576. The molecule has 2 fully saturated rings. The zero-order valence-corrected chi connectivity index (χ0v) is 5.14. The molecule has 0 bridgehead atoms. The molecule has 2 saturated carbocycles.